The first-order valence-corrected chi connectivity index (χ1v) is 11.3. The van der Waals surface area contributed by atoms with Gasteiger partial charge in [-0.3, -0.25) is 0 Å². The Hall–Kier alpha value is -2.79. The maximum Gasteiger partial charge on any atom is 0.335 e. The highest BCUT2D eigenvalue weighted by Gasteiger charge is 2.23. The highest BCUT2D eigenvalue weighted by atomic mass is 35.5. The van der Waals surface area contributed by atoms with E-state index in [1.54, 1.807) is 32.9 Å². The Bertz CT molecular complexity index is 1310. The van der Waals surface area contributed by atoms with Gasteiger partial charge >= 0.3 is 5.97 Å². The molecule has 0 spiro atoms. The molecule has 11 heteroatoms. The van der Waals surface area contributed by atoms with Crippen molar-refractivity contribution in [3.8, 4) is 11.1 Å². The number of carboxylic acids is 1. The molecule has 0 saturated heterocycles. The first kappa shape index (κ1) is 26.5. The van der Waals surface area contributed by atoms with Gasteiger partial charge in [0, 0.05) is 17.6 Å². The molecule has 0 fully saturated rings. The lowest BCUT2D eigenvalue weighted by Gasteiger charge is -2.20. The molecule has 3 rings (SSSR count). The normalized spacial score (nSPS) is 12.6. The molecule has 4 N–H and O–H groups in total. The van der Waals surface area contributed by atoms with Gasteiger partial charge in [0.25, 0.3) is 0 Å². The Labute approximate surface area is 197 Å². The summed E-state index contributed by atoms with van der Waals surface area (Å²) in [6, 6.07) is 9.00. The molecule has 0 radical (unpaired) electrons. The fraction of sp³-hybridized carbons (Fsp3) is 0.273. The van der Waals surface area contributed by atoms with E-state index in [-0.39, 0.29) is 36.0 Å². The average molecular weight is 497 g/mol. The zero-order valence-electron chi connectivity index (χ0n) is 18.4. The van der Waals surface area contributed by atoms with E-state index >= 15 is 0 Å². The Balaban J connectivity index is 0.00000385. The Morgan fingerprint density at radius 1 is 1.27 bits per heavy atom. The number of rotatable bonds is 7. The summed E-state index contributed by atoms with van der Waals surface area (Å²) in [5, 5.41) is 9.58. The summed E-state index contributed by atoms with van der Waals surface area (Å²) in [7, 11) is -3.81. The molecule has 1 aromatic heterocycles. The number of nitrogens with two attached hydrogens (primary N) is 1. The van der Waals surface area contributed by atoms with E-state index in [4.69, 9.17) is 5.73 Å². The first-order chi connectivity index (χ1) is 14.9. The molecular weight excluding hydrogens is 471 g/mol. The summed E-state index contributed by atoms with van der Waals surface area (Å²) in [6.07, 6.45) is 2.63. The number of hydrogen-bond acceptors (Lipinski definition) is 5. The summed E-state index contributed by atoms with van der Waals surface area (Å²) >= 11 is 0. The third kappa shape index (κ3) is 6.17. The largest absolute Gasteiger partial charge is 0.478 e. The Morgan fingerprint density at radius 2 is 1.97 bits per heavy atom. The van der Waals surface area contributed by atoms with Crippen LogP contribution in [0.25, 0.3) is 22.2 Å². The molecule has 0 bridgehead atoms. The van der Waals surface area contributed by atoms with Crippen LogP contribution in [0.1, 0.15) is 31.1 Å². The SMILES string of the molecule is CC(C)(C)NS(=O)(=O)c1cccc(-c2cc(C(=O)O)cc3c2ncn3C/C(F)=C/CN)c1.Cl. The van der Waals surface area contributed by atoms with Crippen molar-refractivity contribution in [2.45, 2.75) is 37.8 Å². The van der Waals surface area contributed by atoms with Gasteiger partial charge in [-0.1, -0.05) is 12.1 Å². The number of nitrogens with one attached hydrogen (secondary N) is 1. The third-order valence-electron chi connectivity index (χ3n) is 4.53. The van der Waals surface area contributed by atoms with Crippen LogP contribution in [-0.2, 0) is 16.6 Å². The van der Waals surface area contributed by atoms with E-state index in [2.05, 4.69) is 9.71 Å². The van der Waals surface area contributed by atoms with E-state index in [0.29, 0.717) is 22.2 Å². The van der Waals surface area contributed by atoms with Gasteiger partial charge in [-0.2, -0.15) is 0 Å². The van der Waals surface area contributed by atoms with E-state index < -0.39 is 27.4 Å². The molecule has 178 valence electrons. The minimum atomic E-state index is -3.81. The number of aromatic nitrogens is 2. The second-order valence-corrected chi connectivity index (χ2v) is 10.0. The molecule has 0 amide bonds. The number of imidazole rings is 1. The fourth-order valence-electron chi connectivity index (χ4n) is 3.28. The Morgan fingerprint density at radius 3 is 2.58 bits per heavy atom. The number of aromatic carboxylic acids is 1. The molecule has 0 unspecified atom stereocenters. The number of nitrogens with zero attached hydrogens (tertiary/aromatic N) is 2. The summed E-state index contributed by atoms with van der Waals surface area (Å²) < 4.78 is 43.7. The zero-order valence-corrected chi connectivity index (χ0v) is 20.0. The predicted octanol–water partition coefficient (Wildman–Crippen LogP) is 3.71. The molecule has 2 aromatic carbocycles. The maximum absolute atomic E-state index is 14.0. The van der Waals surface area contributed by atoms with E-state index in [0.717, 1.165) is 0 Å². The van der Waals surface area contributed by atoms with Gasteiger partial charge in [-0.05, 0) is 56.7 Å². The molecular formula is C22H26ClFN4O4S. The van der Waals surface area contributed by atoms with Crippen LogP contribution >= 0.6 is 12.4 Å². The molecule has 3 aromatic rings. The third-order valence-corrected chi connectivity index (χ3v) is 6.28. The smallest absolute Gasteiger partial charge is 0.335 e. The van der Waals surface area contributed by atoms with Crippen molar-refractivity contribution in [2.75, 3.05) is 6.54 Å². The lowest BCUT2D eigenvalue weighted by molar-refractivity contribution is 0.0697. The lowest BCUT2D eigenvalue weighted by atomic mass is 10.0. The van der Waals surface area contributed by atoms with Crippen molar-refractivity contribution < 1.29 is 22.7 Å². The number of fused-ring (bicyclic) bond motifs is 1. The van der Waals surface area contributed by atoms with Gasteiger partial charge in [-0.25, -0.2) is 27.3 Å². The molecule has 0 aliphatic rings. The summed E-state index contributed by atoms with van der Waals surface area (Å²) in [5.74, 6) is -1.65. The van der Waals surface area contributed by atoms with Gasteiger partial charge in [-0.15, -0.1) is 12.4 Å². The van der Waals surface area contributed by atoms with Crippen LogP contribution in [0, 0.1) is 0 Å². The molecule has 33 heavy (non-hydrogen) atoms. The summed E-state index contributed by atoms with van der Waals surface area (Å²) in [6.45, 7) is 5.09. The molecule has 8 nitrogen and oxygen atoms in total. The van der Waals surface area contributed by atoms with Crippen LogP contribution in [0.3, 0.4) is 0 Å². The van der Waals surface area contributed by atoms with Gasteiger partial charge in [0.1, 0.15) is 5.83 Å². The Kier molecular flexibility index (Phi) is 8.02. The second kappa shape index (κ2) is 10.0. The zero-order chi connectivity index (χ0) is 23.7. The van der Waals surface area contributed by atoms with E-state index in [1.165, 1.54) is 41.2 Å². The van der Waals surface area contributed by atoms with Crippen molar-refractivity contribution >= 4 is 39.4 Å². The molecule has 1 heterocycles. The summed E-state index contributed by atoms with van der Waals surface area (Å²) in [5.41, 5.74) is 6.37. The van der Waals surface area contributed by atoms with Gasteiger partial charge in [0.15, 0.2) is 0 Å². The molecule has 0 atom stereocenters. The van der Waals surface area contributed by atoms with Crippen LogP contribution in [0.4, 0.5) is 4.39 Å². The summed E-state index contributed by atoms with van der Waals surface area (Å²) in [4.78, 5) is 16.1. The minimum Gasteiger partial charge on any atom is -0.478 e. The van der Waals surface area contributed by atoms with Crippen molar-refractivity contribution in [1.82, 2.24) is 14.3 Å². The quantitative estimate of drug-likeness (QED) is 0.457. The second-order valence-electron chi connectivity index (χ2n) is 8.34. The van der Waals surface area contributed by atoms with Crippen molar-refractivity contribution in [1.29, 1.82) is 0 Å². The minimum absolute atomic E-state index is 0. The van der Waals surface area contributed by atoms with Crippen LogP contribution in [0.2, 0.25) is 0 Å². The maximum atomic E-state index is 14.0. The number of benzene rings is 2. The number of allylic oxidation sites excluding steroid dienone is 1. The fourth-order valence-corrected chi connectivity index (χ4v) is 4.74. The van der Waals surface area contributed by atoms with E-state index in [9.17, 15) is 22.7 Å². The van der Waals surface area contributed by atoms with Crippen molar-refractivity contribution in [2.24, 2.45) is 5.73 Å². The van der Waals surface area contributed by atoms with Crippen LogP contribution in [0.5, 0.6) is 0 Å². The highest BCUT2D eigenvalue weighted by Crippen LogP contribution is 2.31. The van der Waals surface area contributed by atoms with Crippen molar-refractivity contribution in [3.05, 3.63) is 60.2 Å². The molecule has 0 aliphatic carbocycles. The van der Waals surface area contributed by atoms with Gasteiger partial charge < -0.3 is 15.4 Å². The number of sulfonamides is 1. The number of carbonyl (C=O) groups is 1. The highest BCUT2D eigenvalue weighted by molar-refractivity contribution is 7.89. The topological polar surface area (TPSA) is 127 Å². The van der Waals surface area contributed by atoms with Crippen LogP contribution in [0.15, 0.2) is 59.5 Å². The van der Waals surface area contributed by atoms with E-state index in [1.807, 2.05) is 0 Å². The number of carboxylic acid groups (broad SMARTS) is 1. The van der Waals surface area contributed by atoms with Crippen molar-refractivity contribution in [3.63, 3.8) is 0 Å². The van der Waals surface area contributed by atoms with Gasteiger partial charge in [0.05, 0.1) is 34.4 Å². The number of hydrogen-bond donors (Lipinski definition) is 3. The van der Waals surface area contributed by atoms with Crippen LogP contribution < -0.4 is 10.5 Å². The first-order valence-electron chi connectivity index (χ1n) is 9.82. The molecule has 0 aliphatic heterocycles. The van der Waals surface area contributed by atoms with Gasteiger partial charge in [0.2, 0.25) is 10.0 Å². The number of halogens is 2. The van der Waals surface area contributed by atoms with Crippen LogP contribution in [-0.4, -0.2) is 41.1 Å². The lowest BCUT2D eigenvalue weighted by Crippen LogP contribution is -2.40. The molecule has 0 saturated carbocycles. The average Bonchev–Trinajstić information content (AvgIpc) is 3.08. The standard InChI is InChI=1S/C22H25FN4O4S.ClH/c1-22(2,3)26-32(30,31)17-6-4-5-14(9-17)18-10-15(21(28)29)11-19-20(18)25-13-27(19)12-16(23)7-8-24;/h4-7,9-11,13,26H,8,12,24H2,1-3H3,(H,28,29);1H/b16-7-;. The predicted molar refractivity (Wildman–Crippen MR) is 128 cm³/mol. The monoisotopic (exact) mass is 496 g/mol.